The van der Waals surface area contributed by atoms with Crippen LogP contribution in [0.1, 0.15) is 31.1 Å². The van der Waals surface area contributed by atoms with Gasteiger partial charge in [-0.25, -0.2) is 13.2 Å². The topological polar surface area (TPSA) is 60.4 Å². The van der Waals surface area contributed by atoms with E-state index >= 15 is 0 Å². The van der Waals surface area contributed by atoms with Gasteiger partial charge in [-0.1, -0.05) is 0 Å². The van der Waals surface area contributed by atoms with Gasteiger partial charge >= 0.3 is 5.97 Å². The molecule has 0 aliphatic carbocycles. The zero-order valence-corrected chi connectivity index (χ0v) is 11.0. The van der Waals surface area contributed by atoms with Gasteiger partial charge in [-0.05, 0) is 45.0 Å². The first-order valence-corrected chi connectivity index (χ1v) is 6.95. The lowest BCUT2D eigenvalue weighted by Crippen LogP contribution is -2.14. The van der Waals surface area contributed by atoms with Crippen LogP contribution in [-0.2, 0) is 14.6 Å². The van der Waals surface area contributed by atoms with Crippen LogP contribution in [0.25, 0.3) is 0 Å². The average Bonchev–Trinajstić information content (AvgIpc) is 2.29. The van der Waals surface area contributed by atoms with Crippen molar-refractivity contribution < 1.29 is 17.9 Å². The van der Waals surface area contributed by atoms with Gasteiger partial charge < -0.3 is 4.74 Å². The van der Waals surface area contributed by atoms with Gasteiger partial charge in [-0.2, -0.15) is 0 Å². The van der Waals surface area contributed by atoms with E-state index in [9.17, 15) is 13.2 Å². The molecule has 0 N–H and O–H groups in total. The van der Waals surface area contributed by atoms with Gasteiger partial charge in [0.1, 0.15) is 0 Å². The summed E-state index contributed by atoms with van der Waals surface area (Å²) in [6.45, 7) is 5.25. The van der Waals surface area contributed by atoms with Crippen LogP contribution in [0.5, 0.6) is 0 Å². The smallest absolute Gasteiger partial charge is 0.338 e. The highest BCUT2D eigenvalue weighted by Gasteiger charge is 2.19. The van der Waals surface area contributed by atoms with Gasteiger partial charge in [0.2, 0.25) is 0 Å². The van der Waals surface area contributed by atoms with E-state index < -0.39 is 21.1 Å². The third-order valence-electron chi connectivity index (χ3n) is 2.31. The molecule has 0 aliphatic heterocycles. The van der Waals surface area contributed by atoms with E-state index in [1.54, 1.807) is 20.8 Å². The van der Waals surface area contributed by atoms with Gasteiger partial charge in [0.25, 0.3) is 0 Å². The van der Waals surface area contributed by atoms with Crippen LogP contribution < -0.4 is 0 Å². The van der Waals surface area contributed by atoms with Crippen molar-refractivity contribution in [2.45, 2.75) is 30.9 Å². The molecule has 1 aromatic carbocycles. The van der Waals surface area contributed by atoms with Crippen molar-refractivity contribution in [1.82, 2.24) is 0 Å². The second-order valence-electron chi connectivity index (χ2n) is 3.84. The predicted octanol–water partition coefficient (Wildman–Crippen LogP) is 2.05. The lowest BCUT2D eigenvalue weighted by atomic mass is 10.2. The molecular formula is C12H16O4S. The highest BCUT2D eigenvalue weighted by Crippen LogP contribution is 2.16. The minimum Gasteiger partial charge on any atom is -0.462 e. The largest absolute Gasteiger partial charge is 0.462 e. The molecule has 0 aliphatic rings. The van der Waals surface area contributed by atoms with Crippen LogP contribution in [0, 0.1) is 0 Å². The van der Waals surface area contributed by atoms with Crippen molar-refractivity contribution in [2.75, 3.05) is 6.61 Å². The van der Waals surface area contributed by atoms with E-state index in [4.69, 9.17) is 4.74 Å². The molecule has 0 aromatic heterocycles. The number of rotatable bonds is 4. The number of carbonyl (C=O) groups is 1. The van der Waals surface area contributed by atoms with E-state index in [2.05, 4.69) is 0 Å². The van der Waals surface area contributed by atoms with Crippen LogP contribution in [0.2, 0.25) is 0 Å². The number of carbonyl (C=O) groups excluding carboxylic acids is 1. The van der Waals surface area contributed by atoms with E-state index in [-0.39, 0.29) is 4.90 Å². The number of benzene rings is 1. The zero-order chi connectivity index (χ0) is 13.1. The standard InChI is InChI=1S/C12H16O4S/c1-4-16-12(13)10-5-7-11(8-6-10)17(14,15)9(2)3/h5-9H,4H2,1-3H3. The third-order valence-corrected chi connectivity index (χ3v) is 4.49. The number of esters is 1. The SMILES string of the molecule is CCOC(=O)c1ccc(S(=O)(=O)C(C)C)cc1. The molecule has 0 amide bonds. The molecule has 0 unspecified atom stereocenters. The van der Waals surface area contributed by atoms with Crippen LogP contribution in [0.4, 0.5) is 0 Å². The molecule has 4 nitrogen and oxygen atoms in total. The van der Waals surface area contributed by atoms with E-state index in [1.165, 1.54) is 24.3 Å². The molecule has 17 heavy (non-hydrogen) atoms. The Kier molecular flexibility index (Phi) is 4.28. The quantitative estimate of drug-likeness (QED) is 0.773. The Balaban J connectivity index is 3.01. The van der Waals surface area contributed by atoms with E-state index in [0.717, 1.165) is 0 Å². The highest BCUT2D eigenvalue weighted by molar-refractivity contribution is 7.92. The Bertz CT molecular complexity index is 486. The maximum atomic E-state index is 11.8. The van der Waals surface area contributed by atoms with Gasteiger partial charge in [0.05, 0.1) is 22.3 Å². The molecule has 0 radical (unpaired) electrons. The molecule has 0 heterocycles. The molecular weight excluding hydrogens is 240 g/mol. The fourth-order valence-electron chi connectivity index (χ4n) is 1.27. The lowest BCUT2D eigenvalue weighted by Gasteiger charge is -2.08. The Morgan fingerprint density at radius 2 is 1.76 bits per heavy atom. The first kappa shape index (κ1) is 13.7. The highest BCUT2D eigenvalue weighted by atomic mass is 32.2. The second-order valence-corrected chi connectivity index (χ2v) is 6.34. The van der Waals surface area contributed by atoms with Gasteiger partial charge in [0, 0.05) is 0 Å². The van der Waals surface area contributed by atoms with Crippen LogP contribution >= 0.6 is 0 Å². The van der Waals surface area contributed by atoms with Crippen molar-refractivity contribution in [3.63, 3.8) is 0 Å². The molecule has 0 bridgehead atoms. The van der Waals surface area contributed by atoms with Crippen LogP contribution in [-0.4, -0.2) is 26.2 Å². The minimum atomic E-state index is -3.28. The lowest BCUT2D eigenvalue weighted by molar-refractivity contribution is 0.0526. The van der Waals surface area contributed by atoms with E-state index in [1.807, 2.05) is 0 Å². The Morgan fingerprint density at radius 3 is 2.18 bits per heavy atom. The molecule has 1 rings (SSSR count). The second kappa shape index (κ2) is 5.31. The summed E-state index contributed by atoms with van der Waals surface area (Å²) in [4.78, 5) is 11.6. The molecule has 0 atom stereocenters. The number of ether oxygens (including phenoxy) is 1. The maximum absolute atomic E-state index is 11.8. The first-order valence-electron chi connectivity index (χ1n) is 5.40. The van der Waals surface area contributed by atoms with Crippen LogP contribution in [0.3, 0.4) is 0 Å². The third kappa shape index (κ3) is 3.06. The van der Waals surface area contributed by atoms with Gasteiger partial charge in [0.15, 0.2) is 9.84 Å². The summed E-state index contributed by atoms with van der Waals surface area (Å²) in [5.74, 6) is -0.444. The molecule has 94 valence electrons. The Hall–Kier alpha value is -1.36. The predicted molar refractivity (Wildman–Crippen MR) is 64.7 cm³/mol. The molecule has 0 saturated carbocycles. The molecule has 0 fully saturated rings. The maximum Gasteiger partial charge on any atom is 0.338 e. The summed E-state index contributed by atoms with van der Waals surface area (Å²) in [6.07, 6.45) is 0. The average molecular weight is 256 g/mol. The molecule has 0 saturated heterocycles. The summed E-state index contributed by atoms with van der Waals surface area (Å²) in [5.41, 5.74) is 0.356. The van der Waals surface area contributed by atoms with Crippen LogP contribution in [0.15, 0.2) is 29.2 Å². The summed E-state index contributed by atoms with van der Waals surface area (Å²) in [5, 5.41) is -0.476. The summed E-state index contributed by atoms with van der Waals surface area (Å²) >= 11 is 0. The van der Waals surface area contributed by atoms with E-state index in [0.29, 0.717) is 12.2 Å². The minimum absolute atomic E-state index is 0.223. The fraction of sp³-hybridized carbons (Fsp3) is 0.417. The Labute approximate surface area is 102 Å². The fourth-order valence-corrected chi connectivity index (χ4v) is 2.33. The normalized spacial score (nSPS) is 11.5. The van der Waals surface area contributed by atoms with Crippen molar-refractivity contribution >= 4 is 15.8 Å². The van der Waals surface area contributed by atoms with Crippen molar-refractivity contribution in [1.29, 1.82) is 0 Å². The number of sulfone groups is 1. The molecule has 1 aromatic rings. The summed E-state index contributed by atoms with van der Waals surface area (Å²) < 4.78 is 28.5. The number of hydrogen-bond donors (Lipinski definition) is 0. The van der Waals surface area contributed by atoms with Crippen molar-refractivity contribution in [3.8, 4) is 0 Å². The van der Waals surface area contributed by atoms with Crippen molar-refractivity contribution in [3.05, 3.63) is 29.8 Å². The Morgan fingerprint density at radius 1 is 1.24 bits per heavy atom. The molecule has 5 heteroatoms. The summed E-state index contributed by atoms with van der Waals surface area (Å²) in [7, 11) is -3.28. The zero-order valence-electron chi connectivity index (χ0n) is 10.1. The van der Waals surface area contributed by atoms with Crippen molar-refractivity contribution in [2.24, 2.45) is 0 Å². The first-order chi connectivity index (χ1) is 7.89. The molecule has 0 spiro atoms. The number of hydrogen-bond acceptors (Lipinski definition) is 4. The van der Waals surface area contributed by atoms with Gasteiger partial charge in [-0.15, -0.1) is 0 Å². The summed E-state index contributed by atoms with van der Waals surface area (Å²) in [6, 6.07) is 5.80. The monoisotopic (exact) mass is 256 g/mol. The van der Waals surface area contributed by atoms with Gasteiger partial charge in [-0.3, -0.25) is 0 Å².